The van der Waals surface area contributed by atoms with E-state index in [4.69, 9.17) is 0 Å². The lowest BCUT2D eigenvalue weighted by atomic mass is 10.1. The molecule has 1 heteroatoms. The molecule has 2 aromatic rings. The number of benzene rings is 2. The minimum Gasteiger partial charge on any atom is -0.309 e. The second-order valence-corrected chi connectivity index (χ2v) is 4.29. The van der Waals surface area contributed by atoms with Crippen LogP contribution in [0.25, 0.3) is 6.08 Å². The zero-order valence-corrected chi connectivity index (χ0v) is 10.8. The Morgan fingerprint density at radius 3 is 2.39 bits per heavy atom. The standard InChI is InChI=1S/C17H19N/c1-2-8-16-11-6-7-12-17(16)14-18-13-15-9-4-3-5-10-15/h2-12,18H,13-14H2,1H3/b8-2+. The zero-order chi connectivity index (χ0) is 12.6. The molecule has 18 heavy (non-hydrogen) atoms. The average Bonchev–Trinajstić information content (AvgIpc) is 2.42. The van der Waals surface area contributed by atoms with Crippen LogP contribution in [0.15, 0.2) is 60.7 Å². The van der Waals surface area contributed by atoms with E-state index in [2.05, 4.69) is 66.0 Å². The maximum absolute atomic E-state index is 3.48. The third-order valence-electron chi connectivity index (χ3n) is 2.89. The van der Waals surface area contributed by atoms with Crippen LogP contribution in [0.5, 0.6) is 0 Å². The van der Waals surface area contributed by atoms with Gasteiger partial charge in [0, 0.05) is 13.1 Å². The molecule has 1 nitrogen and oxygen atoms in total. The third kappa shape index (κ3) is 3.57. The highest BCUT2D eigenvalue weighted by molar-refractivity contribution is 5.53. The third-order valence-corrected chi connectivity index (χ3v) is 2.89. The summed E-state index contributed by atoms with van der Waals surface area (Å²) in [4.78, 5) is 0. The minimum atomic E-state index is 0.898. The summed E-state index contributed by atoms with van der Waals surface area (Å²) in [5, 5.41) is 3.48. The van der Waals surface area contributed by atoms with Crippen molar-refractivity contribution in [3.05, 3.63) is 77.4 Å². The van der Waals surface area contributed by atoms with Crippen LogP contribution in [0.1, 0.15) is 23.6 Å². The molecule has 0 aliphatic carbocycles. The number of allylic oxidation sites excluding steroid dienone is 1. The van der Waals surface area contributed by atoms with Crippen LogP contribution >= 0.6 is 0 Å². The monoisotopic (exact) mass is 237 g/mol. The Labute approximate surface area is 109 Å². The van der Waals surface area contributed by atoms with Crippen LogP contribution in [0.4, 0.5) is 0 Å². The van der Waals surface area contributed by atoms with Gasteiger partial charge in [-0.05, 0) is 23.6 Å². The predicted molar refractivity (Wildman–Crippen MR) is 78.1 cm³/mol. The minimum absolute atomic E-state index is 0.898. The van der Waals surface area contributed by atoms with Gasteiger partial charge in [0.1, 0.15) is 0 Å². The topological polar surface area (TPSA) is 12.0 Å². The van der Waals surface area contributed by atoms with Crippen LogP contribution in [0.2, 0.25) is 0 Å². The normalized spacial score (nSPS) is 10.9. The summed E-state index contributed by atoms with van der Waals surface area (Å²) < 4.78 is 0. The van der Waals surface area contributed by atoms with Gasteiger partial charge < -0.3 is 5.32 Å². The van der Waals surface area contributed by atoms with Gasteiger partial charge in [-0.25, -0.2) is 0 Å². The van der Waals surface area contributed by atoms with Crippen molar-refractivity contribution >= 4 is 6.08 Å². The lowest BCUT2D eigenvalue weighted by molar-refractivity contribution is 0.692. The summed E-state index contributed by atoms with van der Waals surface area (Å²) in [6.45, 7) is 3.86. The van der Waals surface area contributed by atoms with Crippen molar-refractivity contribution in [2.45, 2.75) is 20.0 Å². The molecule has 92 valence electrons. The zero-order valence-electron chi connectivity index (χ0n) is 10.8. The number of hydrogen-bond acceptors (Lipinski definition) is 1. The Morgan fingerprint density at radius 1 is 0.889 bits per heavy atom. The van der Waals surface area contributed by atoms with E-state index >= 15 is 0 Å². The first-order chi connectivity index (χ1) is 8.90. The predicted octanol–water partition coefficient (Wildman–Crippen LogP) is 4.01. The van der Waals surface area contributed by atoms with Crippen LogP contribution in [0.3, 0.4) is 0 Å². The molecule has 2 aromatic carbocycles. The van der Waals surface area contributed by atoms with Gasteiger partial charge in [0.2, 0.25) is 0 Å². The van der Waals surface area contributed by atoms with E-state index in [0.717, 1.165) is 13.1 Å². The van der Waals surface area contributed by atoms with Crippen LogP contribution < -0.4 is 5.32 Å². The van der Waals surface area contributed by atoms with Gasteiger partial charge in [0.15, 0.2) is 0 Å². The van der Waals surface area contributed by atoms with Crippen LogP contribution in [0, 0.1) is 0 Å². The quantitative estimate of drug-likeness (QED) is 0.828. The molecule has 2 rings (SSSR count). The van der Waals surface area contributed by atoms with Gasteiger partial charge in [0.05, 0.1) is 0 Å². The fraction of sp³-hybridized carbons (Fsp3) is 0.176. The van der Waals surface area contributed by atoms with Gasteiger partial charge in [0.25, 0.3) is 0 Å². The Kier molecular flexibility index (Phi) is 4.74. The molecule has 0 saturated carbocycles. The Hall–Kier alpha value is -1.86. The highest BCUT2D eigenvalue weighted by Crippen LogP contribution is 2.10. The van der Waals surface area contributed by atoms with Crippen molar-refractivity contribution < 1.29 is 0 Å². The fourth-order valence-electron chi connectivity index (χ4n) is 1.97. The van der Waals surface area contributed by atoms with Crippen molar-refractivity contribution in [3.63, 3.8) is 0 Å². The number of nitrogens with one attached hydrogen (secondary N) is 1. The van der Waals surface area contributed by atoms with E-state index in [1.807, 2.05) is 13.0 Å². The second-order valence-electron chi connectivity index (χ2n) is 4.29. The summed E-state index contributed by atoms with van der Waals surface area (Å²) in [5.74, 6) is 0. The van der Waals surface area contributed by atoms with Gasteiger partial charge in [-0.15, -0.1) is 0 Å². The molecule has 0 saturated heterocycles. The van der Waals surface area contributed by atoms with E-state index in [0.29, 0.717) is 0 Å². The van der Waals surface area contributed by atoms with Crippen molar-refractivity contribution in [3.8, 4) is 0 Å². The molecule has 0 amide bonds. The molecule has 0 aromatic heterocycles. The lowest BCUT2D eigenvalue weighted by Gasteiger charge is -2.08. The van der Waals surface area contributed by atoms with E-state index < -0.39 is 0 Å². The smallest absolute Gasteiger partial charge is 0.0214 e. The maximum atomic E-state index is 3.48. The van der Waals surface area contributed by atoms with Crippen molar-refractivity contribution in [2.24, 2.45) is 0 Å². The lowest BCUT2D eigenvalue weighted by Crippen LogP contribution is -2.13. The molecule has 0 aliphatic heterocycles. The maximum Gasteiger partial charge on any atom is 0.0214 e. The van der Waals surface area contributed by atoms with Crippen molar-refractivity contribution in [1.29, 1.82) is 0 Å². The van der Waals surface area contributed by atoms with Crippen molar-refractivity contribution in [2.75, 3.05) is 0 Å². The number of rotatable bonds is 5. The first-order valence-corrected chi connectivity index (χ1v) is 6.35. The van der Waals surface area contributed by atoms with E-state index in [-0.39, 0.29) is 0 Å². The Morgan fingerprint density at radius 2 is 1.61 bits per heavy atom. The van der Waals surface area contributed by atoms with E-state index in [1.165, 1.54) is 16.7 Å². The molecule has 1 N–H and O–H groups in total. The van der Waals surface area contributed by atoms with Gasteiger partial charge >= 0.3 is 0 Å². The summed E-state index contributed by atoms with van der Waals surface area (Å²) in [5.41, 5.74) is 3.95. The summed E-state index contributed by atoms with van der Waals surface area (Å²) in [6.07, 6.45) is 4.23. The molecular weight excluding hydrogens is 218 g/mol. The molecule has 0 bridgehead atoms. The molecule has 0 fully saturated rings. The summed E-state index contributed by atoms with van der Waals surface area (Å²) in [7, 11) is 0. The molecule has 0 atom stereocenters. The molecule has 0 aliphatic rings. The Balaban J connectivity index is 1.94. The molecular formula is C17H19N. The molecule has 0 spiro atoms. The average molecular weight is 237 g/mol. The second kappa shape index (κ2) is 6.77. The summed E-state index contributed by atoms with van der Waals surface area (Å²) in [6, 6.07) is 19.0. The highest BCUT2D eigenvalue weighted by atomic mass is 14.8. The van der Waals surface area contributed by atoms with Gasteiger partial charge in [-0.1, -0.05) is 66.7 Å². The van der Waals surface area contributed by atoms with Crippen LogP contribution in [-0.4, -0.2) is 0 Å². The largest absolute Gasteiger partial charge is 0.309 e. The van der Waals surface area contributed by atoms with E-state index in [1.54, 1.807) is 0 Å². The van der Waals surface area contributed by atoms with Crippen molar-refractivity contribution in [1.82, 2.24) is 5.32 Å². The fourth-order valence-corrected chi connectivity index (χ4v) is 1.97. The highest BCUT2D eigenvalue weighted by Gasteiger charge is 1.98. The Bertz CT molecular complexity index is 500. The van der Waals surface area contributed by atoms with Gasteiger partial charge in [-0.3, -0.25) is 0 Å². The first kappa shape index (κ1) is 12.6. The van der Waals surface area contributed by atoms with Crippen LogP contribution in [-0.2, 0) is 13.1 Å². The first-order valence-electron chi connectivity index (χ1n) is 6.35. The molecule has 0 heterocycles. The molecule has 0 radical (unpaired) electrons. The number of hydrogen-bond donors (Lipinski definition) is 1. The van der Waals surface area contributed by atoms with Gasteiger partial charge in [-0.2, -0.15) is 0 Å². The van der Waals surface area contributed by atoms with E-state index in [9.17, 15) is 0 Å². The molecule has 0 unspecified atom stereocenters. The summed E-state index contributed by atoms with van der Waals surface area (Å²) >= 11 is 0. The SMILES string of the molecule is C/C=C/c1ccccc1CNCc1ccccc1.